The van der Waals surface area contributed by atoms with Gasteiger partial charge in [-0.3, -0.25) is 4.79 Å². The lowest BCUT2D eigenvalue weighted by Crippen LogP contribution is -2.61. The average molecular weight is 357 g/mol. The highest BCUT2D eigenvalue weighted by atomic mass is 79.9. The molecule has 1 aromatic rings. The van der Waals surface area contributed by atoms with Crippen molar-refractivity contribution >= 4 is 33.6 Å². The van der Waals surface area contributed by atoms with Crippen LogP contribution in [0, 0.1) is 5.92 Å². The number of primary amides is 1. The maximum Gasteiger partial charge on any atom is 0.238 e. The molecule has 0 aromatic heterocycles. The Bertz CT molecular complexity index is 491. The van der Waals surface area contributed by atoms with Crippen molar-refractivity contribution in [3.05, 3.63) is 28.7 Å². The molecule has 0 spiro atoms. The molecule has 1 fully saturated rings. The molecular formula is C15H21BrN2OS. The molecule has 1 aliphatic carbocycles. The van der Waals surface area contributed by atoms with E-state index in [-0.39, 0.29) is 11.9 Å². The summed E-state index contributed by atoms with van der Waals surface area (Å²) in [7, 11) is 0. The van der Waals surface area contributed by atoms with Crippen LogP contribution in [0.25, 0.3) is 0 Å². The van der Waals surface area contributed by atoms with Crippen molar-refractivity contribution < 1.29 is 4.79 Å². The van der Waals surface area contributed by atoms with Gasteiger partial charge >= 0.3 is 0 Å². The molecular weight excluding hydrogens is 336 g/mol. The predicted molar refractivity (Wildman–Crippen MR) is 87.8 cm³/mol. The van der Waals surface area contributed by atoms with Crippen molar-refractivity contribution in [1.82, 2.24) is 5.32 Å². The van der Waals surface area contributed by atoms with Gasteiger partial charge in [-0.1, -0.05) is 22.0 Å². The monoisotopic (exact) mass is 356 g/mol. The van der Waals surface area contributed by atoms with Gasteiger partial charge in [-0.2, -0.15) is 0 Å². The molecule has 5 heteroatoms. The van der Waals surface area contributed by atoms with E-state index in [1.165, 1.54) is 0 Å². The van der Waals surface area contributed by atoms with E-state index in [9.17, 15) is 4.79 Å². The first-order valence-electron chi connectivity index (χ1n) is 6.90. The molecule has 0 heterocycles. The summed E-state index contributed by atoms with van der Waals surface area (Å²) in [6, 6.07) is 8.37. The van der Waals surface area contributed by atoms with Gasteiger partial charge in [0, 0.05) is 21.2 Å². The number of nitrogens with one attached hydrogen (secondary N) is 1. The van der Waals surface area contributed by atoms with E-state index in [1.807, 2.05) is 12.1 Å². The number of benzene rings is 1. The molecule has 3 nitrogen and oxygen atoms in total. The highest BCUT2D eigenvalue weighted by molar-refractivity contribution is 9.10. The van der Waals surface area contributed by atoms with Crippen LogP contribution >= 0.6 is 27.7 Å². The highest BCUT2D eigenvalue weighted by Gasteiger charge is 2.49. The van der Waals surface area contributed by atoms with Gasteiger partial charge in [-0.05, 0) is 50.8 Å². The third-order valence-corrected chi connectivity index (χ3v) is 5.20. The average Bonchev–Trinajstić information content (AvgIpc) is 3.18. The number of hydrogen-bond donors (Lipinski definition) is 2. The number of carbonyl (C=O) groups excluding carboxylic acids is 1. The quantitative estimate of drug-likeness (QED) is 0.737. The van der Waals surface area contributed by atoms with Crippen LogP contribution in [0.1, 0.15) is 26.7 Å². The molecule has 1 aromatic carbocycles. The number of amides is 1. The number of hydrogen-bond acceptors (Lipinski definition) is 3. The van der Waals surface area contributed by atoms with Gasteiger partial charge in [-0.25, -0.2) is 0 Å². The lowest BCUT2D eigenvalue weighted by molar-refractivity contribution is -0.124. The van der Waals surface area contributed by atoms with Crippen molar-refractivity contribution in [2.75, 3.05) is 5.75 Å². The summed E-state index contributed by atoms with van der Waals surface area (Å²) in [5.74, 6) is 0.833. The topological polar surface area (TPSA) is 55.1 Å². The van der Waals surface area contributed by atoms with Crippen LogP contribution in [-0.4, -0.2) is 23.2 Å². The van der Waals surface area contributed by atoms with E-state index >= 15 is 0 Å². The number of rotatable bonds is 7. The normalized spacial score (nSPS) is 18.0. The SMILES string of the molecule is CC(C)NC(CSc1cccc(Br)c1)(C(N)=O)C1CC1. The van der Waals surface area contributed by atoms with Gasteiger partial charge in [0.2, 0.25) is 5.91 Å². The largest absolute Gasteiger partial charge is 0.368 e. The molecule has 20 heavy (non-hydrogen) atoms. The summed E-state index contributed by atoms with van der Waals surface area (Å²) in [4.78, 5) is 13.2. The second kappa shape index (κ2) is 6.50. The van der Waals surface area contributed by atoms with Gasteiger partial charge in [-0.15, -0.1) is 11.8 Å². The Morgan fingerprint density at radius 3 is 2.75 bits per heavy atom. The number of thioether (sulfide) groups is 1. The maximum absolute atomic E-state index is 12.1. The summed E-state index contributed by atoms with van der Waals surface area (Å²) in [5, 5.41) is 3.43. The van der Waals surface area contributed by atoms with Crippen molar-refractivity contribution in [3.63, 3.8) is 0 Å². The first-order valence-corrected chi connectivity index (χ1v) is 8.68. The number of nitrogens with two attached hydrogens (primary N) is 1. The Balaban J connectivity index is 2.13. The van der Waals surface area contributed by atoms with Gasteiger partial charge in [0.05, 0.1) is 0 Å². The molecule has 0 radical (unpaired) electrons. The molecule has 1 unspecified atom stereocenters. The Morgan fingerprint density at radius 1 is 1.55 bits per heavy atom. The van der Waals surface area contributed by atoms with Crippen LogP contribution in [0.3, 0.4) is 0 Å². The second-order valence-corrected chi connectivity index (χ2v) is 7.62. The summed E-state index contributed by atoms with van der Waals surface area (Å²) in [5.41, 5.74) is 5.15. The van der Waals surface area contributed by atoms with Crippen LogP contribution in [0.2, 0.25) is 0 Å². The minimum Gasteiger partial charge on any atom is -0.368 e. The third kappa shape index (κ3) is 3.77. The summed E-state index contributed by atoms with van der Waals surface area (Å²) < 4.78 is 1.05. The minimum absolute atomic E-state index is 0.226. The van der Waals surface area contributed by atoms with Crippen molar-refractivity contribution in [3.8, 4) is 0 Å². The maximum atomic E-state index is 12.1. The van der Waals surface area contributed by atoms with E-state index in [1.54, 1.807) is 11.8 Å². The molecule has 1 aliphatic rings. The third-order valence-electron chi connectivity index (χ3n) is 3.52. The minimum atomic E-state index is -0.582. The molecule has 0 saturated heterocycles. The van der Waals surface area contributed by atoms with E-state index < -0.39 is 5.54 Å². The van der Waals surface area contributed by atoms with E-state index in [2.05, 4.69) is 47.2 Å². The molecule has 110 valence electrons. The summed E-state index contributed by atoms with van der Waals surface area (Å²) >= 11 is 5.16. The summed E-state index contributed by atoms with van der Waals surface area (Å²) in [6.45, 7) is 4.12. The van der Waals surface area contributed by atoms with Crippen LogP contribution < -0.4 is 11.1 Å². The predicted octanol–water partition coefficient (Wildman–Crippen LogP) is 3.17. The van der Waals surface area contributed by atoms with Crippen LogP contribution in [0.5, 0.6) is 0 Å². The van der Waals surface area contributed by atoms with E-state index in [0.29, 0.717) is 11.7 Å². The number of carbonyl (C=O) groups is 1. The smallest absolute Gasteiger partial charge is 0.238 e. The molecule has 3 N–H and O–H groups in total. The fourth-order valence-electron chi connectivity index (χ4n) is 2.47. The molecule has 2 rings (SSSR count). The van der Waals surface area contributed by atoms with Gasteiger partial charge < -0.3 is 11.1 Å². The number of halogens is 1. The van der Waals surface area contributed by atoms with Crippen LogP contribution in [0.4, 0.5) is 0 Å². The Kier molecular flexibility index (Phi) is 5.15. The lowest BCUT2D eigenvalue weighted by atomic mass is 9.93. The molecule has 1 amide bonds. The zero-order valence-corrected chi connectivity index (χ0v) is 14.3. The summed E-state index contributed by atoms with van der Waals surface area (Å²) in [6.07, 6.45) is 2.17. The standard InChI is InChI=1S/C15H21BrN2OS/c1-10(2)18-15(14(17)19,11-6-7-11)9-20-13-5-3-4-12(16)8-13/h3-5,8,10-11,18H,6-7,9H2,1-2H3,(H2,17,19). The van der Waals surface area contributed by atoms with Crippen molar-refractivity contribution in [2.45, 2.75) is 43.2 Å². The zero-order valence-electron chi connectivity index (χ0n) is 11.9. The fourth-order valence-corrected chi connectivity index (χ4v) is 4.26. The van der Waals surface area contributed by atoms with E-state index in [0.717, 1.165) is 22.2 Å². The van der Waals surface area contributed by atoms with Crippen LogP contribution in [-0.2, 0) is 4.79 Å². The molecule has 1 saturated carbocycles. The fraction of sp³-hybridized carbons (Fsp3) is 0.533. The van der Waals surface area contributed by atoms with Crippen molar-refractivity contribution in [2.24, 2.45) is 11.7 Å². The van der Waals surface area contributed by atoms with Gasteiger partial charge in [0.1, 0.15) is 5.54 Å². The molecule has 1 atom stereocenters. The van der Waals surface area contributed by atoms with Gasteiger partial charge in [0.15, 0.2) is 0 Å². The van der Waals surface area contributed by atoms with Crippen LogP contribution in [0.15, 0.2) is 33.6 Å². The highest BCUT2D eigenvalue weighted by Crippen LogP contribution is 2.42. The lowest BCUT2D eigenvalue weighted by Gasteiger charge is -2.33. The Hall–Kier alpha value is -0.520. The molecule has 0 aliphatic heterocycles. The Labute approximate surface area is 133 Å². The van der Waals surface area contributed by atoms with Crippen molar-refractivity contribution in [1.29, 1.82) is 0 Å². The second-order valence-electron chi connectivity index (χ2n) is 5.65. The first-order chi connectivity index (χ1) is 9.44. The Morgan fingerprint density at radius 2 is 2.25 bits per heavy atom. The zero-order chi connectivity index (χ0) is 14.8. The first kappa shape index (κ1) is 15.9. The van der Waals surface area contributed by atoms with E-state index in [4.69, 9.17) is 5.73 Å². The molecule has 0 bridgehead atoms. The van der Waals surface area contributed by atoms with Gasteiger partial charge in [0.25, 0.3) is 0 Å².